The van der Waals surface area contributed by atoms with Crippen LogP contribution in [0.15, 0.2) is 36.4 Å². The van der Waals surface area contributed by atoms with Crippen LogP contribution >= 0.6 is 23.2 Å². The van der Waals surface area contributed by atoms with Crippen molar-refractivity contribution in [2.45, 2.75) is 6.92 Å². The molecule has 81 valence electrons. The van der Waals surface area contributed by atoms with Crippen molar-refractivity contribution < 1.29 is 4.74 Å². The standard InChI is InChI=1S/C13H9Cl2O/c1-9-5-2-3-7-11(9)16-12-8-4-6-10(14)13(12)15/h3-8H,1H3. The fourth-order valence-corrected chi connectivity index (χ4v) is 1.63. The van der Waals surface area contributed by atoms with Gasteiger partial charge in [-0.15, -0.1) is 0 Å². The zero-order valence-corrected chi connectivity index (χ0v) is 10.1. The van der Waals surface area contributed by atoms with Crippen molar-refractivity contribution in [1.82, 2.24) is 0 Å². The molecule has 0 bridgehead atoms. The minimum Gasteiger partial charge on any atom is -0.455 e. The van der Waals surface area contributed by atoms with Gasteiger partial charge >= 0.3 is 0 Å². The van der Waals surface area contributed by atoms with E-state index in [1.54, 1.807) is 24.3 Å². The first-order valence-electron chi connectivity index (χ1n) is 4.77. The van der Waals surface area contributed by atoms with E-state index in [4.69, 9.17) is 27.9 Å². The molecule has 2 aromatic carbocycles. The summed E-state index contributed by atoms with van der Waals surface area (Å²) in [7, 11) is 0. The number of halogens is 2. The van der Waals surface area contributed by atoms with Crippen LogP contribution in [0.1, 0.15) is 5.56 Å². The Bertz CT molecular complexity index is 509. The molecule has 0 amide bonds. The van der Waals surface area contributed by atoms with Gasteiger partial charge in [0.25, 0.3) is 0 Å². The van der Waals surface area contributed by atoms with Crippen LogP contribution in [0, 0.1) is 13.0 Å². The molecular weight excluding hydrogens is 243 g/mol. The van der Waals surface area contributed by atoms with Crippen molar-refractivity contribution in [1.29, 1.82) is 0 Å². The minimum atomic E-state index is 0.427. The summed E-state index contributed by atoms with van der Waals surface area (Å²) in [6, 6.07) is 13.8. The van der Waals surface area contributed by atoms with Gasteiger partial charge in [-0.2, -0.15) is 0 Å². The lowest BCUT2D eigenvalue weighted by molar-refractivity contribution is 0.479. The van der Waals surface area contributed by atoms with Crippen molar-refractivity contribution in [2.75, 3.05) is 0 Å². The van der Waals surface area contributed by atoms with Gasteiger partial charge in [-0.25, -0.2) is 0 Å². The summed E-state index contributed by atoms with van der Waals surface area (Å²) in [6.07, 6.45) is 0. The molecule has 0 aliphatic rings. The highest BCUT2D eigenvalue weighted by molar-refractivity contribution is 6.42. The second-order valence-corrected chi connectivity index (χ2v) is 4.13. The molecule has 0 heterocycles. The molecule has 0 saturated carbocycles. The molecule has 16 heavy (non-hydrogen) atoms. The zero-order chi connectivity index (χ0) is 11.5. The summed E-state index contributed by atoms with van der Waals surface area (Å²) in [5.74, 6) is 1.31. The fraction of sp³-hybridized carbons (Fsp3) is 0.0769. The second kappa shape index (κ2) is 4.77. The Labute approximate surface area is 105 Å². The van der Waals surface area contributed by atoms with Gasteiger partial charge in [-0.3, -0.25) is 0 Å². The first-order chi connectivity index (χ1) is 7.68. The Kier molecular flexibility index (Phi) is 3.37. The summed E-state index contributed by atoms with van der Waals surface area (Å²) in [4.78, 5) is 0. The SMILES string of the molecule is Cc1c[c]ccc1Oc1cccc(Cl)c1Cl. The third kappa shape index (κ3) is 2.31. The third-order valence-electron chi connectivity index (χ3n) is 2.16. The van der Waals surface area contributed by atoms with E-state index in [1.807, 2.05) is 19.1 Å². The van der Waals surface area contributed by atoms with Crippen molar-refractivity contribution in [3.63, 3.8) is 0 Å². The predicted molar refractivity (Wildman–Crippen MR) is 66.6 cm³/mol. The first-order valence-corrected chi connectivity index (χ1v) is 5.52. The number of benzene rings is 2. The van der Waals surface area contributed by atoms with Crippen molar-refractivity contribution >= 4 is 23.2 Å². The molecule has 0 saturated heterocycles. The minimum absolute atomic E-state index is 0.427. The number of hydrogen-bond donors (Lipinski definition) is 0. The molecule has 0 unspecified atom stereocenters. The van der Waals surface area contributed by atoms with Gasteiger partial charge in [0.2, 0.25) is 0 Å². The van der Waals surface area contributed by atoms with E-state index in [9.17, 15) is 0 Å². The highest BCUT2D eigenvalue weighted by atomic mass is 35.5. The number of rotatable bonds is 2. The van der Waals surface area contributed by atoms with Crippen molar-refractivity contribution in [3.8, 4) is 11.5 Å². The van der Waals surface area contributed by atoms with Gasteiger partial charge in [-0.05, 0) is 42.8 Å². The Morgan fingerprint density at radius 3 is 2.69 bits per heavy atom. The predicted octanol–water partition coefficient (Wildman–Crippen LogP) is 4.89. The average Bonchev–Trinajstić information content (AvgIpc) is 2.28. The Balaban J connectivity index is 2.35. The van der Waals surface area contributed by atoms with E-state index < -0.39 is 0 Å². The topological polar surface area (TPSA) is 9.23 Å². The molecule has 0 aromatic heterocycles. The maximum absolute atomic E-state index is 6.03. The van der Waals surface area contributed by atoms with Crippen LogP contribution in [0.2, 0.25) is 10.0 Å². The van der Waals surface area contributed by atoms with Crippen LogP contribution < -0.4 is 4.74 Å². The molecule has 0 atom stereocenters. The molecule has 0 aliphatic carbocycles. The smallest absolute Gasteiger partial charge is 0.147 e. The van der Waals surface area contributed by atoms with E-state index in [1.165, 1.54) is 0 Å². The van der Waals surface area contributed by atoms with E-state index in [0.29, 0.717) is 15.8 Å². The van der Waals surface area contributed by atoms with E-state index in [0.717, 1.165) is 11.3 Å². The van der Waals surface area contributed by atoms with E-state index >= 15 is 0 Å². The van der Waals surface area contributed by atoms with Crippen molar-refractivity contribution in [3.05, 3.63) is 58.1 Å². The summed E-state index contributed by atoms with van der Waals surface area (Å²) in [5.41, 5.74) is 0.999. The van der Waals surface area contributed by atoms with Crippen LogP contribution in [-0.4, -0.2) is 0 Å². The Hall–Kier alpha value is -1.18. The quantitative estimate of drug-likeness (QED) is 0.738. The van der Waals surface area contributed by atoms with Gasteiger partial charge in [0.15, 0.2) is 0 Å². The molecule has 2 aromatic rings. The lowest BCUT2D eigenvalue weighted by atomic mass is 10.2. The number of ether oxygens (including phenoxy) is 1. The highest BCUT2D eigenvalue weighted by Crippen LogP contribution is 2.35. The molecule has 0 fully saturated rings. The normalized spacial score (nSPS) is 10.2. The van der Waals surface area contributed by atoms with Crippen LogP contribution in [0.5, 0.6) is 11.5 Å². The first kappa shape index (κ1) is 11.3. The molecule has 1 nitrogen and oxygen atoms in total. The maximum atomic E-state index is 6.03. The number of aryl methyl sites for hydroxylation is 1. The molecular formula is C13H9Cl2O. The van der Waals surface area contributed by atoms with Crippen LogP contribution in [0.25, 0.3) is 0 Å². The second-order valence-electron chi connectivity index (χ2n) is 3.35. The number of hydrogen-bond acceptors (Lipinski definition) is 1. The molecule has 0 spiro atoms. The van der Waals surface area contributed by atoms with Gasteiger partial charge in [0, 0.05) is 0 Å². The molecule has 2 rings (SSSR count). The van der Waals surface area contributed by atoms with Gasteiger partial charge < -0.3 is 4.74 Å². The third-order valence-corrected chi connectivity index (χ3v) is 2.96. The molecule has 3 heteroatoms. The zero-order valence-electron chi connectivity index (χ0n) is 8.63. The lowest BCUT2D eigenvalue weighted by Gasteiger charge is -2.10. The Morgan fingerprint density at radius 1 is 1.12 bits per heavy atom. The van der Waals surface area contributed by atoms with Gasteiger partial charge in [0.1, 0.15) is 16.5 Å². The monoisotopic (exact) mass is 251 g/mol. The van der Waals surface area contributed by atoms with Crippen LogP contribution in [0.3, 0.4) is 0 Å². The molecule has 0 N–H and O–H groups in total. The fourth-order valence-electron chi connectivity index (χ4n) is 1.30. The largest absolute Gasteiger partial charge is 0.455 e. The highest BCUT2D eigenvalue weighted by Gasteiger charge is 2.07. The summed E-state index contributed by atoms with van der Waals surface area (Å²) >= 11 is 11.9. The van der Waals surface area contributed by atoms with Crippen molar-refractivity contribution in [2.24, 2.45) is 0 Å². The summed E-state index contributed by atoms with van der Waals surface area (Å²) < 4.78 is 5.68. The lowest BCUT2D eigenvalue weighted by Crippen LogP contribution is -1.88. The van der Waals surface area contributed by atoms with E-state index in [2.05, 4.69) is 6.07 Å². The molecule has 1 radical (unpaired) electrons. The maximum Gasteiger partial charge on any atom is 0.147 e. The average molecular weight is 252 g/mol. The van der Waals surface area contributed by atoms with Gasteiger partial charge in [-0.1, -0.05) is 35.3 Å². The summed E-state index contributed by atoms with van der Waals surface area (Å²) in [6.45, 7) is 1.95. The summed E-state index contributed by atoms with van der Waals surface area (Å²) in [5, 5.41) is 0.913. The Morgan fingerprint density at radius 2 is 1.94 bits per heavy atom. The van der Waals surface area contributed by atoms with Crippen LogP contribution in [-0.2, 0) is 0 Å². The van der Waals surface area contributed by atoms with E-state index in [-0.39, 0.29) is 0 Å². The van der Waals surface area contributed by atoms with Gasteiger partial charge in [0.05, 0.1) is 5.02 Å². The molecule has 0 aliphatic heterocycles. The van der Waals surface area contributed by atoms with Crippen LogP contribution in [0.4, 0.5) is 0 Å².